The van der Waals surface area contributed by atoms with Gasteiger partial charge >= 0.3 is 0 Å². The Morgan fingerprint density at radius 3 is 1.11 bits per heavy atom. The van der Waals surface area contributed by atoms with Crippen molar-refractivity contribution in [3.8, 4) is 23.0 Å². The van der Waals surface area contributed by atoms with Gasteiger partial charge in [-0.2, -0.15) is 0 Å². The van der Waals surface area contributed by atoms with Gasteiger partial charge in [-0.25, -0.2) is 0 Å². The molecule has 4 heteroatoms. The van der Waals surface area contributed by atoms with Crippen molar-refractivity contribution in [3.05, 3.63) is 47.5 Å². The van der Waals surface area contributed by atoms with E-state index in [4.69, 9.17) is 0 Å². The van der Waals surface area contributed by atoms with Gasteiger partial charge in [-0.05, 0) is 37.1 Å². The maximum Gasteiger partial charge on any atom is 0.122 e. The highest BCUT2D eigenvalue weighted by Crippen LogP contribution is 2.31. The molecule has 0 spiro atoms. The van der Waals surface area contributed by atoms with E-state index < -0.39 is 0 Å². The summed E-state index contributed by atoms with van der Waals surface area (Å²) >= 11 is 0. The lowest BCUT2D eigenvalue weighted by Crippen LogP contribution is -1.94. The number of hydrogen-bond donors (Lipinski definition) is 4. The van der Waals surface area contributed by atoms with Crippen molar-refractivity contribution in [2.45, 2.75) is 12.8 Å². The molecule has 0 heterocycles. The SMILES string of the molecule is Oc1cccc(O)c1CCc1c(O)cccc1O. The molecule has 0 aliphatic heterocycles. The molecule has 2 aromatic carbocycles. The van der Waals surface area contributed by atoms with Crippen LogP contribution in [-0.4, -0.2) is 20.4 Å². The summed E-state index contributed by atoms with van der Waals surface area (Å²) in [5, 5.41) is 38.5. The molecule has 0 saturated heterocycles. The van der Waals surface area contributed by atoms with Gasteiger partial charge in [-0.1, -0.05) is 12.1 Å². The fraction of sp³-hybridized carbons (Fsp3) is 0.143. The van der Waals surface area contributed by atoms with E-state index in [1.165, 1.54) is 24.3 Å². The summed E-state index contributed by atoms with van der Waals surface area (Å²) in [6.45, 7) is 0. The van der Waals surface area contributed by atoms with Crippen LogP contribution in [0.1, 0.15) is 11.1 Å². The Morgan fingerprint density at radius 1 is 0.556 bits per heavy atom. The molecule has 0 unspecified atom stereocenters. The summed E-state index contributed by atoms with van der Waals surface area (Å²) in [6.07, 6.45) is 0.646. The van der Waals surface area contributed by atoms with Crippen LogP contribution in [0.2, 0.25) is 0 Å². The van der Waals surface area contributed by atoms with E-state index in [0.29, 0.717) is 24.0 Å². The number of hydrogen-bond acceptors (Lipinski definition) is 4. The summed E-state index contributed by atoms with van der Waals surface area (Å²) < 4.78 is 0. The molecule has 2 aromatic rings. The van der Waals surface area contributed by atoms with Crippen LogP contribution in [0.3, 0.4) is 0 Å². The molecule has 0 fully saturated rings. The minimum absolute atomic E-state index is 0.00455. The van der Waals surface area contributed by atoms with E-state index in [2.05, 4.69) is 0 Å². The van der Waals surface area contributed by atoms with E-state index in [9.17, 15) is 20.4 Å². The van der Waals surface area contributed by atoms with E-state index in [-0.39, 0.29) is 23.0 Å². The van der Waals surface area contributed by atoms with Gasteiger partial charge in [0, 0.05) is 11.1 Å². The van der Waals surface area contributed by atoms with Gasteiger partial charge in [-0.3, -0.25) is 0 Å². The second kappa shape index (κ2) is 4.87. The lowest BCUT2D eigenvalue weighted by Gasteiger charge is -2.09. The zero-order valence-corrected chi connectivity index (χ0v) is 9.67. The minimum Gasteiger partial charge on any atom is -0.508 e. The van der Waals surface area contributed by atoms with Crippen molar-refractivity contribution in [3.63, 3.8) is 0 Å². The molecule has 0 radical (unpaired) electrons. The van der Waals surface area contributed by atoms with Gasteiger partial charge in [0.2, 0.25) is 0 Å². The molecule has 4 nitrogen and oxygen atoms in total. The molecule has 0 bridgehead atoms. The molecule has 0 saturated carbocycles. The summed E-state index contributed by atoms with van der Waals surface area (Å²) in [5.74, 6) is 0.0182. The normalized spacial score (nSPS) is 10.4. The van der Waals surface area contributed by atoms with Crippen molar-refractivity contribution in [2.24, 2.45) is 0 Å². The average molecular weight is 246 g/mol. The topological polar surface area (TPSA) is 80.9 Å². The lowest BCUT2D eigenvalue weighted by atomic mass is 10.0. The van der Waals surface area contributed by atoms with Gasteiger partial charge in [-0.15, -0.1) is 0 Å². The first-order valence-corrected chi connectivity index (χ1v) is 5.59. The highest BCUT2D eigenvalue weighted by molar-refractivity contribution is 5.46. The molecule has 0 amide bonds. The molecule has 0 aromatic heterocycles. The molecule has 0 aliphatic carbocycles. The van der Waals surface area contributed by atoms with E-state index >= 15 is 0 Å². The van der Waals surface area contributed by atoms with Crippen molar-refractivity contribution in [1.29, 1.82) is 0 Å². The van der Waals surface area contributed by atoms with E-state index in [1.807, 2.05) is 0 Å². The lowest BCUT2D eigenvalue weighted by molar-refractivity contribution is 0.429. The molecule has 94 valence electrons. The maximum atomic E-state index is 9.62. The number of aromatic hydroxyl groups is 4. The molecular weight excluding hydrogens is 232 g/mol. The summed E-state index contributed by atoms with van der Waals surface area (Å²) in [7, 11) is 0. The Hall–Kier alpha value is -2.36. The van der Waals surface area contributed by atoms with Crippen LogP contribution in [0.15, 0.2) is 36.4 Å². The minimum atomic E-state index is 0.00455. The average Bonchev–Trinajstić information content (AvgIpc) is 2.31. The number of phenolic OH excluding ortho intramolecular Hbond substituents is 4. The van der Waals surface area contributed by atoms with Crippen LogP contribution in [-0.2, 0) is 12.8 Å². The van der Waals surface area contributed by atoms with Crippen molar-refractivity contribution >= 4 is 0 Å². The first kappa shape index (κ1) is 12.1. The fourth-order valence-corrected chi connectivity index (χ4v) is 1.89. The number of phenols is 4. The third-order valence-electron chi connectivity index (χ3n) is 2.88. The Labute approximate surface area is 104 Å². The van der Waals surface area contributed by atoms with Crippen LogP contribution >= 0.6 is 0 Å². The number of benzene rings is 2. The van der Waals surface area contributed by atoms with E-state index in [0.717, 1.165) is 0 Å². The first-order valence-electron chi connectivity index (χ1n) is 5.59. The predicted octanol–water partition coefficient (Wildman–Crippen LogP) is 2.29. The van der Waals surface area contributed by atoms with Crippen LogP contribution < -0.4 is 0 Å². The van der Waals surface area contributed by atoms with Crippen molar-refractivity contribution < 1.29 is 20.4 Å². The van der Waals surface area contributed by atoms with Crippen LogP contribution in [0, 0.1) is 0 Å². The smallest absolute Gasteiger partial charge is 0.122 e. The second-order valence-electron chi connectivity index (χ2n) is 4.05. The highest BCUT2D eigenvalue weighted by atomic mass is 16.3. The van der Waals surface area contributed by atoms with Crippen LogP contribution in [0.25, 0.3) is 0 Å². The monoisotopic (exact) mass is 246 g/mol. The predicted molar refractivity (Wildman–Crippen MR) is 67.0 cm³/mol. The quantitative estimate of drug-likeness (QED) is 0.669. The van der Waals surface area contributed by atoms with Gasteiger partial charge in [0.05, 0.1) is 0 Å². The third-order valence-corrected chi connectivity index (χ3v) is 2.88. The Bertz CT molecular complexity index is 472. The number of rotatable bonds is 3. The second-order valence-corrected chi connectivity index (χ2v) is 4.05. The molecule has 2 rings (SSSR count). The van der Waals surface area contributed by atoms with Gasteiger partial charge < -0.3 is 20.4 Å². The molecule has 4 N–H and O–H groups in total. The Balaban J connectivity index is 2.22. The Kier molecular flexibility index (Phi) is 3.28. The maximum absolute atomic E-state index is 9.62. The molecular formula is C14H14O4. The van der Waals surface area contributed by atoms with Crippen molar-refractivity contribution in [1.82, 2.24) is 0 Å². The zero-order valence-electron chi connectivity index (χ0n) is 9.67. The van der Waals surface area contributed by atoms with Gasteiger partial charge in [0.15, 0.2) is 0 Å². The third kappa shape index (κ3) is 2.32. The van der Waals surface area contributed by atoms with Gasteiger partial charge in [0.1, 0.15) is 23.0 Å². The standard InChI is InChI=1S/C14H14O4/c15-11-3-1-4-12(16)9(11)7-8-10-13(17)5-2-6-14(10)18/h1-6,15-18H,7-8H2. The highest BCUT2D eigenvalue weighted by Gasteiger charge is 2.11. The summed E-state index contributed by atoms with van der Waals surface area (Å²) in [5.41, 5.74) is 0.806. The summed E-state index contributed by atoms with van der Waals surface area (Å²) in [4.78, 5) is 0. The molecule has 18 heavy (non-hydrogen) atoms. The van der Waals surface area contributed by atoms with Crippen molar-refractivity contribution in [2.75, 3.05) is 0 Å². The Morgan fingerprint density at radius 2 is 0.833 bits per heavy atom. The zero-order chi connectivity index (χ0) is 13.1. The first-order chi connectivity index (χ1) is 8.59. The fourth-order valence-electron chi connectivity index (χ4n) is 1.89. The molecule has 0 atom stereocenters. The largest absolute Gasteiger partial charge is 0.508 e. The van der Waals surface area contributed by atoms with E-state index in [1.54, 1.807) is 12.1 Å². The van der Waals surface area contributed by atoms with Crippen LogP contribution in [0.4, 0.5) is 0 Å². The summed E-state index contributed by atoms with van der Waals surface area (Å²) in [6, 6.07) is 9.04. The molecule has 0 aliphatic rings. The van der Waals surface area contributed by atoms with Crippen LogP contribution in [0.5, 0.6) is 23.0 Å². The van der Waals surface area contributed by atoms with Gasteiger partial charge in [0.25, 0.3) is 0 Å².